The zero-order valence-corrected chi connectivity index (χ0v) is 14.4. The van der Waals surface area contributed by atoms with Crippen LogP contribution in [-0.4, -0.2) is 26.2 Å². The van der Waals surface area contributed by atoms with Crippen molar-refractivity contribution in [1.29, 1.82) is 0 Å². The average Bonchev–Trinajstić information content (AvgIpc) is 3.30. The number of hydrogen-bond donors (Lipinski definition) is 0. The van der Waals surface area contributed by atoms with Crippen molar-refractivity contribution in [3.63, 3.8) is 0 Å². The Morgan fingerprint density at radius 3 is 1.33 bits per heavy atom. The van der Waals surface area contributed by atoms with E-state index >= 15 is 0 Å². The zero-order chi connectivity index (χ0) is 17.4. The van der Waals surface area contributed by atoms with E-state index in [0.29, 0.717) is 0 Å². The van der Waals surface area contributed by atoms with E-state index in [1.165, 1.54) is 14.2 Å². The van der Waals surface area contributed by atoms with Gasteiger partial charge in [-0.05, 0) is 25.7 Å². The maximum Gasteiger partial charge on any atom is 0.348 e. The van der Waals surface area contributed by atoms with E-state index in [0.717, 1.165) is 51.4 Å². The summed E-state index contributed by atoms with van der Waals surface area (Å²) in [6, 6.07) is 0. The van der Waals surface area contributed by atoms with Gasteiger partial charge in [-0.15, -0.1) is 0 Å². The highest BCUT2D eigenvalue weighted by Gasteiger charge is 2.21. The first-order valence-electron chi connectivity index (χ1n) is 8.59. The molecule has 2 saturated carbocycles. The smallest absolute Gasteiger partial charge is 0.348 e. The third kappa shape index (κ3) is 4.90. The average molecular weight is 328 g/mol. The topological polar surface area (TPSA) is 52.6 Å². The van der Waals surface area contributed by atoms with Crippen molar-refractivity contribution in [2.24, 2.45) is 11.8 Å². The number of carbonyl (C=O) groups is 2. The number of ether oxygens (including phenoxy) is 2. The van der Waals surface area contributed by atoms with E-state index in [2.05, 4.69) is 23.7 Å². The highest BCUT2D eigenvalue weighted by molar-refractivity contribution is 6.06. The first-order chi connectivity index (χ1) is 11.7. The molecule has 0 unspecified atom stereocenters. The molecule has 2 rings (SSSR count). The van der Waals surface area contributed by atoms with Gasteiger partial charge in [-0.2, -0.15) is 0 Å². The molecule has 0 N–H and O–H groups in total. The minimum Gasteiger partial charge on any atom is -0.465 e. The number of esters is 2. The Balaban J connectivity index is 2.37. The van der Waals surface area contributed by atoms with Gasteiger partial charge in [-0.25, -0.2) is 9.59 Å². The summed E-state index contributed by atoms with van der Waals surface area (Å²) in [6.07, 6.45) is 8.74. The molecule has 4 nitrogen and oxygen atoms in total. The molecule has 2 fully saturated rings. The van der Waals surface area contributed by atoms with Crippen LogP contribution in [0.4, 0.5) is 0 Å². The SMILES string of the molecule is COC(=O)C(C#CC1CCCC1)=C(C#CC1CCCC1)C(=O)OC. The minimum atomic E-state index is -0.637. The molecule has 0 heterocycles. The van der Waals surface area contributed by atoms with Crippen molar-refractivity contribution >= 4 is 11.9 Å². The molecule has 0 atom stereocenters. The fourth-order valence-corrected chi connectivity index (χ4v) is 3.12. The summed E-state index contributed by atoms with van der Waals surface area (Å²) >= 11 is 0. The Bertz CT molecular complexity index is 568. The molecule has 128 valence electrons. The Morgan fingerprint density at radius 2 is 1.04 bits per heavy atom. The van der Waals surface area contributed by atoms with Crippen molar-refractivity contribution in [1.82, 2.24) is 0 Å². The van der Waals surface area contributed by atoms with Crippen LogP contribution in [0.3, 0.4) is 0 Å². The molecule has 4 heteroatoms. The van der Waals surface area contributed by atoms with Gasteiger partial charge in [0.25, 0.3) is 0 Å². The lowest BCUT2D eigenvalue weighted by atomic mass is 10.0. The lowest BCUT2D eigenvalue weighted by molar-refractivity contribution is -0.138. The summed E-state index contributed by atoms with van der Waals surface area (Å²) in [5, 5.41) is 0. The molecule has 0 aromatic carbocycles. The van der Waals surface area contributed by atoms with E-state index in [1.54, 1.807) is 0 Å². The Hall–Kier alpha value is -2.20. The quantitative estimate of drug-likeness (QED) is 0.444. The third-order valence-corrected chi connectivity index (χ3v) is 4.54. The van der Waals surface area contributed by atoms with Gasteiger partial charge >= 0.3 is 11.9 Å². The van der Waals surface area contributed by atoms with Crippen LogP contribution in [0.1, 0.15) is 51.4 Å². The van der Waals surface area contributed by atoms with E-state index in [-0.39, 0.29) is 23.0 Å². The van der Waals surface area contributed by atoms with Gasteiger partial charge in [0.15, 0.2) is 0 Å². The molecule has 0 amide bonds. The molecule has 2 aliphatic rings. The van der Waals surface area contributed by atoms with Crippen LogP contribution in [0, 0.1) is 35.5 Å². The number of rotatable bonds is 2. The molecule has 0 radical (unpaired) electrons. The fourth-order valence-electron chi connectivity index (χ4n) is 3.12. The van der Waals surface area contributed by atoms with Crippen molar-refractivity contribution in [3.8, 4) is 23.7 Å². The van der Waals surface area contributed by atoms with Crippen LogP contribution < -0.4 is 0 Å². The Kier molecular flexibility index (Phi) is 6.94. The Morgan fingerprint density at radius 1 is 0.708 bits per heavy atom. The van der Waals surface area contributed by atoms with Crippen LogP contribution in [-0.2, 0) is 19.1 Å². The third-order valence-electron chi connectivity index (χ3n) is 4.54. The van der Waals surface area contributed by atoms with Crippen molar-refractivity contribution in [3.05, 3.63) is 11.1 Å². The molecule has 0 saturated heterocycles. The molecule has 0 bridgehead atoms. The maximum absolute atomic E-state index is 12.1. The zero-order valence-electron chi connectivity index (χ0n) is 14.4. The van der Waals surface area contributed by atoms with E-state index in [9.17, 15) is 9.59 Å². The van der Waals surface area contributed by atoms with E-state index < -0.39 is 11.9 Å². The van der Waals surface area contributed by atoms with Crippen molar-refractivity contribution in [2.45, 2.75) is 51.4 Å². The first kappa shape index (κ1) is 18.1. The molecule has 0 aliphatic heterocycles. The van der Waals surface area contributed by atoms with Gasteiger partial charge in [0.05, 0.1) is 14.2 Å². The van der Waals surface area contributed by atoms with Crippen LogP contribution in [0.15, 0.2) is 11.1 Å². The molecule has 0 aromatic heterocycles. The second-order valence-corrected chi connectivity index (χ2v) is 6.23. The minimum absolute atomic E-state index is 0.0155. The van der Waals surface area contributed by atoms with Gasteiger partial charge in [-0.3, -0.25) is 0 Å². The molecule has 2 aliphatic carbocycles. The fraction of sp³-hybridized carbons (Fsp3) is 0.600. The van der Waals surface area contributed by atoms with Gasteiger partial charge in [0.1, 0.15) is 11.1 Å². The summed E-state index contributed by atoms with van der Waals surface area (Å²) in [5.41, 5.74) is 0.0310. The molecular formula is C20H24O4. The summed E-state index contributed by atoms with van der Waals surface area (Å²) in [6.45, 7) is 0. The number of hydrogen-bond acceptors (Lipinski definition) is 4. The van der Waals surface area contributed by atoms with E-state index in [1.807, 2.05) is 0 Å². The maximum atomic E-state index is 12.1. The second-order valence-electron chi connectivity index (χ2n) is 6.23. The Labute approximate surface area is 144 Å². The monoisotopic (exact) mass is 328 g/mol. The van der Waals surface area contributed by atoms with Gasteiger partial charge in [0.2, 0.25) is 0 Å². The summed E-state index contributed by atoms with van der Waals surface area (Å²) in [4.78, 5) is 24.2. The predicted molar refractivity (Wildman–Crippen MR) is 90.5 cm³/mol. The molecular weight excluding hydrogens is 304 g/mol. The van der Waals surface area contributed by atoms with Crippen molar-refractivity contribution in [2.75, 3.05) is 14.2 Å². The summed E-state index contributed by atoms with van der Waals surface area (Å²) in [5.74, 6) is 11.2. The van der Waals surface area contributed by atoms with Crippen LogP contribution in [0.2, 0.25) is 0 Å². The van der Waals surface area contributed by atoms with Crippen LogP contribution in [0.25, 0.3) is 0 Å². The lowest BCUT2D eigenvalue weighted by Gasteiger charge is -2.04. The number of carbonyl (C=O) groups excluding carboxylic acids is 2. The van der Waals surface area contributed by atoms with Crippen LogP contribution >= 0.6 is 0 Å². The van der Waals surface area contributed by atoms with Gasteiger partial charge in [-0.1, -0.05) is 49.4 Å². The summed E-state index contributed by atoms with van der Waals surface area (Å²) in [7, 11) is 2.55. The first-order valence-corrected chi connectivity index (χ1v) is 8.59. The molecule has 0 aromatic rings. The standard InChI is InChI=1S/C20H24O4/c1-23-19(21)17(13-11-15-7-3-4-8-15)18(20(22)24-2)14-12-16-9-5-6-10-16/h15-16H,3-10H2,1-2H3. The highest BCUT2D eigenvalue weighted by Crippen LogP contribution is 2.25. The van der Waals surface area contributed by atoms with E-state index in [4.69, 9.17) is 9.47 Å². The molecule has 24 heavy (non-hydrogen) atoms. The number of methoxy groups -OCH3 is 2. The van der Waals surface area contributed by atoms with Crippen LogP contribution in [0.5, 0.6) is 0 Å². The predicted octanol–water partition coefficient (Wildman–Crippen LogP) is 3.02. The summed E-state index contributed by atoms with van der Waals surface area (Å²) < 4.78 is 9.60. The van der Waals surface area contributed by atoms with Crippen molar-refractivity contribution < 1.29 is 19.1 Å². The largest absolute Gasteiger partial charge is 0.465 e. The normalized spacial score (nSPS) is 18.8. The van der Waals surface area contributed by atoms with Gasteiger partial charge in [0, 0.05) is 11.8 Å². The lowest BCUT2D eigenvalue weighted by Crippen LogP contribution is -2.13. The highest BCUT2D eigenvalue weighted by atomic mass is 16.5. The second kappa shape index (κ2) is 9.18. The molecule has 0 spiro atoms. The van der Waals surface area contributed by atoms with Gasteiger partial charge < -0.3 is 9.47 Å².